The molecule has 8 heteroatoms. The van der Waals surface area contributed by atoms with E-state index in [4.69, 9.17) is 9.47 Å². The van der Waals surface area contributed by atoms with Crippen molar-refractivity contribution in [3.05, 3.63) is 60.2 Å². The summed E-state index contributed by atoms with van der Waals surface area (Å²) in [5.74, 6) is 0.485. The van der Waals surface area contributed by atoms with Crippen molar-refractivity contribution in [2.24, 2.45) is 0 Å². The van der Waals surface area contributed by atoms with Crippen LogP contribution < -0.4 is 14.2 Å². The minimum Gasteiger partial charge on any atom is -0.731 e. The van der Waals surface area contributed by atoms with Crippen LogP contribution in [0.1, 0.15) is 31.2 Å². The van der Waals surface area contributed by atoms with Gasteiger partial charge in [0.1, 0.15) is 11.5 Å². The summed E-state index contributed by atoms with van der Waals surface area (Å²) in [6, 6.07) is 16.3. The Morgan fingerprint density at radius 3 is 2.32 bits per heavy atom. The number of methoxy groups -OCH3 is 1. The van der Waals surface area contributed by atoms with Gasteiger partial charge < -0.3 is 14.0 Å². The standard InChI is InChI=1S/C20H23NO6S/c1-26-18-9-5-6-15(14-18)20(19(22)21-28(23,24)25)12-10-17(11-13-20)27-16-7-3-2-4-8-16/h2-9,14,17H,10-13H2,1H3,(H,21,22)(H,23,24,25)/p-1. The average Bonchev–Trinajstić information content (AvgIpc) is 2.68. The molecule has 2 aromatic rings. The second kappa shape index (κ2) is 8.20. The van der Waals surface area contributed by atoms with Crippen LogP contribution in [-0.2, 0) is 20.5 Å². The molecule has 0 aromatic heterocycles. The van der Waals surface area contributed by atoms with Gasteiger partial charge in [-0.1, -0.05) is 30.3 Å². The summed E-state index contributed by atoms with van der Waals surface area (Å²) in [4.78, 5) is 12.8. The zero-order valence-electron chi connectivity index (χ0n) is 15.5. The third kappa shape index (κ3) is 4.63. The van der Waals surface area contributed by atoms with Crippen LogP contribution >= 0.6 is 0 Å². The van der Waals surface area contributed by atoms with Gasteiger partial charge in [0, 0.05) is 0 Å². The smallest absolute Gasteiger partial charge is 0.243 e. The van der Waals surface area contributed by atoms with E-state index in [1.54, 1.807) is 29.0 Å². The Bertz CT molecular complexity index is 921. The fourth-order valence-electron chi connectivity index (χ4n) is 3.67. The van der Waals surface area contributed by atoms with E-state index in [1.165, 1.54) is 7.11 Å². The lowest BCUT2D eigenvalue weighted by molar-refractivity contribution is -0.127. The van der Waals surface area contributed by atoms with Crippen molar-refractivity contribution in [2.75, 3.05) is 7.11 Å². The maximum atomic E-state index is 12.8. The third-order valence-electron chi connectivity index (χ3n) is 5.11. The Labute approximate surface area is 164 Å². The van der Waals surface area contributed by atoms with E-state index in [0.717, 1.165) is 5.75 Å². The highest BCUT2D eigenvalue weighted by Crippen LogP contribution is 2.42. The fourth-order valence-corrected chi connectivity index (χ4v) is 4.09. The molecule has 0 saturated heterocycles. The lowest BCUT2D eigenvalue weighted by Crippen LogP contribution is -2.49. The van der Waals surface area contributed by atoms with Crippen LogP contribution in [-0.4, -0.2) is 32.1 Å². The molecule has 150 valence electrons. The predicted octanol–water partition coefficient (Wildman–Crippen LogP) is 2.53. The Balaban J connectivity index is 1.85. The highest BCUT2D eigenvalue weighted by Gasteiger charge is 2.44. The molecule has 28 heavy (non-hydrogen) atoms. The number of carbonyl (C=O) groups is 1. The highest BCUT2D eigenvalue weighted by atomic mass is 32.2. The first kappa shape index (κ1) is 20.2. The zero-order valence-corrected chi connectivity index (χ0v) is 16.3. The van der Waals surface area contributed by atoms with Crippen molar-refractivity contribution in [1.82, 2.24) is 4.72 Å². The topological polar surface area (TPSA) is 105 Å². The van der Waals surface area contributed by atoms with Crippen molar-refractivity contribution < 1.29 is 27.2 Å². The van der Waals surface area contributed by atoms with Gasteiger partial charge in [0.05, 0.1) is 18.6 Å². The van der Waals surface area contributed by atoms with E-state index >= 15 is 0 Å². The van der Waals surface area contributed by atoms with Gasteiger partial charge in [-0.25, -0.2) is 8.42 Å². The molecule has 2 aromatic carbocycles. The zero-order chi connectivity index (χ0) is 20.2. The lowest BCUT2D eigenvalue weighted by atomic mass is 9.68. The van der Waals surface area contributed by atoms with Crippen molar-refractivity contribution in [3.8, 4) is 11.5 Å². The largest absolute Gasteiger partial charge is 0.731 e. The molecular formula is C20H22NO6S-. The molecule has 1 N–H and O–H groups in total. The van der Waals surface area contributed by atoms with Gasteiger partial charge in [-0.05, 0) is 55.5 Å². The first-order valence-corrected chi connectivity index (χ1v) is 10.4. The molecule has 1 aliphatic rings. The van der Waals surface area contributed by atoms with Crippen LogP contribution in [0.4, 0.5) is 0 Å². The van der Waals surface area contributed by atoms with Gasteiger partial charge in [-0.3, -0.25) is 9.52 Å². The average molecular weight is 404 g/mol. The van der Waals surface area contributed by atoms with E-state index < -0.39 is 21.6 Å². The summed E-state index contributed by atoms with van der Waals surface area (Å²) in [5, 5.41) is 0. The number of hydrogen-bond acceptors (Lipinski definition) is 6. The summed E-state index contributed by atoms with van der Waals surface area (Å²) < 4.78 is 46.3. The summed E-state index contributed by atoms with van der Waals surface area (Å²) in [5.41, 5.74) is -0.520. The number of carbonyl (C=O) groups excluding carboxylic acids is 1. The van der Waals surface area contributed by atoms with Crippen LogP contribution in [0.3, 0.4) is 0 Å². The molecule has 1 amide bonds. The quantitative estimate of drug-likeness (QED) is 0.742. The minimum atomic E-state index is -4.91. The van der Waals surface area contributed by atoms with Crippen molar-refractivity contribution in [1.29, 1.82) is 0 Å². The molecule has 0 heterocycles. The Morgan fingerprint density at radius 1 is 1.07 bits per heavy atom. The highest BCUT2D eigenvalue weighted by molar-refractivity contribution is 7.84. The van der Waals surface area contributed by atoms with Gasteiger partial charge in [0.15, 0.2) is 10.3 Å². The predicted molar refractivity (Wildman–Crippen MR) is 102 cm³/mol. The molecule has 0 unspecified atom stereocenters. The second-order valence-corrected chi connectivity index (χ2v) is 7.94. The monoisotopic (exact) mass is 404 g/mol. The van der Waals surface area contributed by atoms with Gasteiger partial charge >= 0.3 is 0 Å². The second-order valence-electron chi connectivity index (χ2n) is 6.83. The number of para-hydroxylation sites is 1. The molecule has 7 nitrogen and oxygen atoms in total. The Kier molecular flexibility index (Phi) is 5.90. The summed E-state index contributed by atoms with van der Waals surface area (Å²) in [6.45, 7) is 0. The normalized spacial score (nSPS) is 22.3. The number of hydrogen-bond donors (Lipinski definition) is 1. The number of rotatable bonds is 6. The molecule has 3 rings (SSSR count). The molecule has 1 aliphatic carbocycles. The van der Waals surface area contributed by atoms with E-state index in [9.17, 15) is 17.8 Å². The number of nitrogens with one attached hydrogen (secondary N) is 1. The van der Waals surface area contributed by atoms with E-state index in [0.29, 0.717) is 37.0 Å². The van der Waals surface area contributed by atoms with Crippen LogP contribution in [0.2, 0.25) is 0 Å². The first-order valence-electron chi connectivity index (χ1n) is 8.97. The van der Waals surface area contributed by atoms with E-state index in [-0.39, 0.29) is 6.10 Å². The molecule has 1 fully saturated rings. The van der Waals surface area contributed by atoms with Gasteiger partial charge in [-0.15, -0.1) is 0 Å². The van der Waals surface area contributed by atoms with Crippen molar-refractivity contribution in [3.63, 3.8) is 0 Å². The first-order chi connectivity index (χ1) is 13.3. The lowest BCUT2D eigenvalue weighted by Gasteiger charge is -2.39. The minimum absolute atomic E-state index is 0.0993. The van der Waals surface area contributed by atoms with Gasteiger partial charge in [0.2, 0.25) is 5.91 Å². The van der Waals surface area contributed by atoms with Gasteiger partial charge in [0.25, 0.3) is 0 Å². The molecule has 0 aliphatic heterocycles. The number of benzene rings is 2. The van der Waals surface area contributed by atoms with Crippen LogP contribution in [0.25, 0.3) is 0 Å². The summed E-state index contributed by atoms with van der Waals surface area (Å²) in [6.07, 6.45) is 1.67. The van der Waals surface area contributed by atoms with Crippen molar-refractivity contribution in [2.45, 2.75) is 37.2 Å². The molecule has 0 radical (unpaired) electrons. The van der Waals surface area contributed by atoms with Crippen LogP contribution in [0.15, 0.2) is 54.6 Å². The maximum Gasteiger partial charge on any atom is 0.243 e. The molecule has 0 atom stereocenters. The molecule has 0 spiro atoms. The molecule has 0 bridgehead atoms. The fraction of sp³-hybridized carbons (Fsp3) is 0.350. The number of ether oxygens (including phenoxy) is 2. The third-order valence-corrected chi connectivity index (χ3v) is 5.54. The molecular weight excluding hydrogens is 382 g/mol. The summed E-state index contributed by atoms with van der Waals surface area (Å²) in [7, 11) is -3.40. The Hall–Kier alpha value is -2.58. The molecule has 1 saturated carbocycles. The SMILES string of the molecule is COc1cccc(C2(C(=O)NS(=O)(=O)[O-])CCC(Oc3ccccc3)CC2)c1. The summed E-state index contributed by atoms with van der Waals surface area (Å²) >= 11 is 0. The van der Waals surface area contributed by atoms with Crippen molar-refractivity contribution >= 4 is 16.2 Å². The van der Waals surface area contributed by atoms with Crippen LogP contribution in [0.5, 0.6) is 11.5 Å². The number of amides is 1. The van der Waals surface area contributed by atoms with E-state index in [2.05, 4.69) is 0 Å². The maximum absolute atomic E-state index is 12.8. The van der Waals surface area contributed by atoms with E-state index in [1.807, 2.05) is 30.3 Å². The van der Waals surface area contributed by atoms with Crippen LogP contribution in [0, 0.1) is 0 Å². The Morgan fingerprint density at radius 2 is 1.71 bits per heavy atom. The van der Waals surface area contributed by atoms with Gasteiger partial charge in [-0.2, -0.15) is 0 Å².